The van der Waals surface area contributed by atoms with Crippen molar-refractivity contribution in [3.8, 4) is 0 Å². The predicted octanol–water partition coefficient (Wildman–Crippen LogP) is 4.71. The normalized spacial score (nSPS) is 17.0. The summed E-state index contributed by atoms with van der Waals surface area (Å²) >= 11 is 9.38. The summed E-state index contributed by atoms with van der Waals surface area (Å²) in [5, 5.41) is 3.58. The molecule has 2 amide bonds. The van der Waals surface area contributed by atoms with Crippen LogP contribution in [0.4, 0.5) is 11.4 Å². The Bertz CT molecular complexity index is 836. The fourth-order valence-electron chi connectivity index (χ4n) is 2.91. The van der Waals surface area contributed by atoms with Gasteiger partial charge in [0.1, 0.15) is 0 Å². The molecule has 0 aromatic heterocycles. The summed E-state index contributed by atoms with van der Waals surface area (Å²) in [5.74, 6) is -0.549. The number of carbonyl (C=O) groups excluding carboxylic acids is 2. The lowest BCUT2D eigenvalue weighted by atomic mass is 10.1. The monoisotopic (exact) mass is 420 g/mol. The van der Waals surface area contributed by atoms with Gasteiger partial charge in [-0.25, -0.2) is 0 Å². The van der Waals surface area contributed by atoms with Gasteiger partial charge in [-0.05, 0) is 61.4 Å². The summed E-state index contributed by atoms with van der Waals surface area (Å²) in [7, 11) is 0. The molecule has 0 aliphatic carbocycles. The zero-order valence-corrected chi connectivity index (χ0v) is 16.3. The first kappa shape index (κ1) is 18.0. The average Bonchev–Trinajstić information content (AvgIpc) is 2.98. The van der Waals surface area contributed by atoms with Gasteiger partial charge in [0.25, 0.3) is 0 Å². The highest BCUT2D eigenvalue weighted by atomic mass is 79.9. The number of carbonyl (C=O) groups is 2. The number of halogens is 2. The van der Waals surface area contributed by atoms with Crippen LogP contribution < -0.4 is 10.2 Å². The number of hydrogen-bond acceptors (Lipinski definition) is 2. The Morgan fingerprint density at radius 2 is 1.84 bits per heavy atom. The topological polar surface area (TPSA) is 49.4 Å². The maximum absolute atomic E-state index is 12.6. The molecule has 6 heteroatoms. The van der Waals surface area contributed by atoms with Crippen LogP contribution in [0, 0.1) is 19.8 Å². The van der Waals surface area contributed by atoms with E-state index in [-0.39, 0.29) is 24.2 Å². The zero-order chi connectivity index (χ0) is 18.1. The van der Waals surface area contributed by atoms with Gasteiger partial charge in [-0.15, -0.1) is 0 Å². The van der Waals surface area contributed by atoms with Gasteiger partial charge in [0.05, 0.1) is 5.92 Å². The predicted molar refractivity (Wildman–Crippen MR) is 104 cm³/mol. The molecule has 2 aromatic rings. The quantitative estimate of drug-likeness (QED) is 0.780. The highest BCUT2D eigenvalue weighted by Crippen LogP contribution is 2.29. The van der Waals surface area contributed by atoms with Crippen molar-refractivity contribution in [2.75, 3.05) is 16.8 Å². The van der Waals surface area contributed by atoms with Crippen molar-refractivity contribution >= 4 is 50.7 Å². The van der Waals surface area contributed by atoms with E-state index in [1.807, 2.05) is 26.0 Å². The van der Waals surface area contributed by atoms with E-state index in [0.29, 0.717) is 11.6 Å². The second-order valence-corrected chi connectivity index (χ2v) is 7.51. The SMILES string of the molecule is Cc1c(Br)ccc(NC(=O)[C@H]2CC(=O)N(c3ccc(Cl)cc3)C2)c1C. The van der Waals surface area contributed by atoms with Gasteiger partial charge in [0.2, 0.25) is 11.8 Å². The second kappa shape index (κ2) is 7.18. The first-order valence-electron chi connectivity index (χ1n) is 7.99. The lowest BCUT2D eigenvalue weighted by Crippen LogP contribution is -2.28. The number of rotatable bonds is 3. The minimum atomic E-state index is -0.369. The molecular weight excluding hydrogens is 404 g/mol. The van der Waals surface area contributed by atoms with Crippen molar-refractivity contribution < 1.29 is 9.59 Å². The molecule has 0 radical (unpaired) electrons. The Balaban J connectivity index is 1.73. The summed E-state index contributed by atoms with van der Waals surface area (Å²) in [4.78, 5) is 26.6. The first-order chi connectivity index (χ1) is 11.9. The molecular formula is C19H18BrClN2O2. The zero-order valence-electron chi connectivity index (χ0n) is 14.0. The Kier molecular flexibility index (Phi) is 5.16. The number of nitrogens with zero attached hydrogens (tertiary/aromatic N) is 1. The molecule has 0 bridgehead atoms. The summed E-state index contributed by atoms with van der Waals surface area (Å²) in [6.45, 7) is 4.34. The molecule has 1 aliphatic heterocycles. The van der Waals surface area contributed by atoms with Crippen LogP contribution in [-0.2, 0) is 9.59 Å². The molecule has 1 N–H and O–H groups in total. The van der Waals surface area contributed by atoms with E-state index in [9.17, 15) is 9.59 Å². The van der Waals surface area contributed by atoms with Gasteiger partial charge in [-0.2, -0.15) is 0 Å². The number of benzene rings is 2. The Hall–Kier alpha value is -1.85. The van der Waals surface area contributed by atoms with Gasteiger partial charge >= 0.3 is 0 Å². The van der Waals surface area contributed by atoms with Crippen molar-refractivity contribution in [3.63, 3.8) is 0 Å². The molecule has 1 heterocycles. The summed E-state index contributed by atoms with van der Waals surface area (Å²) < 4.78 is 1.01. The van der Waals surface area contributed by atoms with Gasteiger partial charge in [-0.1, -0.05) is 27.5 Å². The first-order valence-corrected chi connectivity index (χ1v) is 9.16. The van der Waals surface area contributed by atoms with Crippen molar-refractivity contribution in [1.29, 1.82) is 0 Å². The molecule has 4 nitrogen and oxygen atoms in total. The van der Waals surface area contributed by atoms with Crippen molar-refractivity contribution in [2.45, 2.75) is 20.3 Å². The van der Waals surface area contributed by atoms with Crippen LogP contribution in [0.25, 0.3) is 0 Å². The highest BCUT2D eigenvalue weighted by Gasteiger charge is 2.35. The van der Waals surface area contributed by atoms with Crippen LogP contribution in [0.5, 0.6) is 0 Å². The summed E-state index contributed by atoms with van der Waals surface area (Å²) in [5.41, 5.74) is 3.65. The van der Waals surface area contributed by atoms with E-state index < -0.39 is 0 Å². The van der Waals surface area contributed by atoms with E-state index in [4.69, 9.17) is 11.6 Å². The largest absolute Gasteiger partial charge is 0.326 e. The maximum atomic E-state index is 12.6. The van der Waals surface area contributed by atoms with Gasteiger partial charge < -0.3 is 10.2 Å². The van der Waals surface area contributed by atoms with Crippen LogP contribution in [-0.4, -0.2) is 18.4 Å². The fraction of sp³-hybridized carbons (Fsp3) is 0.263. The summed E-state index contributed by atoms with van der Waals surface area (Å²) in [6.07, 6.45) is 0.211. The van der Waals surface area contributed by atoms with E-state index in [1.54, 1.807) is 29.2 Å². The average molecular weight is 422 g/mol. The van der Waals surface area contributed by atoms with Crippen molar-refractivity contribution in [3.05, 3.63) is 57.0 Å². The van der Waals surface area contributed by atoms with Crippen molar-refractivity contribution in [2.24, 2.45) is 5.92 Å². The Morgan fingerprint density at radius 3 is 2.52 bits per heavy atom. The Morgan fingerprint density at radius 1 is 1.16 bits per heavy atom. The fourth-order valence-corrected chi connectivity index (χ4v) is 3.47. The van der Waals surface area contributed by atoms with Crippen LogP contribution >= 0.6 is 27.5 Å². The van der Waals surface area contributed by atoms with E-state index >= 15 is 0 Å². The molecule has 1 aliphatic rings. The maximum Gasteiger partial charge on any atom is 0.229 e. The highest BCUT2D eigenvalue weighted by molar-refractivity contribution is 9.10. The third-order valence-corrected chi connectivity index (χ3v) is 5.72. The van der Waals surface area contributed by atoms with Crippen LogP contribution in [0.2, 0.25) is 5.02 Å². The minimum Gasteiger partial charge on any atom is -0.326 e. The van der Waals surface area contributed by atoms with E-state index in [0.717, 1.165) is 27.0 Å². The van der Waals surface area contributed by atoms with Gasteiger partial charge in [0, 0.05) is 33.8 Å². The standard InChI is InChI=1S/C19H18BrClN2O2/c1-11-12(2)17(8-7-16(11)20)22-19(25)13-9-18(24)23(10-13)15-5-3-14(21)4-6-15/h3-8,13H,9-10H2,1-2H3,(H,22,25)/t13-/m0/s1. The molecule has 0 unspecified atom stereocenters. The van der Waals surface area contributed by atoms with Crippen LogP contribution in [0.3, 0.4) is 0 Å². The molecule has 25 heavy (non-hydrogen) atoms. The summed E-state index contributed by atoms with van der Waals surface area (Å²) in [6, 6.07) is 10.9. The molecule has 0 saturated carbocycles. The smallest absolute Gasteiger partial charge is 0.229 e. The van der Waals surface area contributed by atoms with Crippen molar-refractivity contribution in [1.82, 2.24) is 0 Å². The third-order valence-electron chi connectivity index (χ3n) is 4.61. The van der Waals surface area contributed by atoms with Crippen LogP contribution in [0.1, 0.15) is 17.5 Å². The van der Waals surface area contributed by atoms with E-state index in [1.165, 1.54) is 0 Å². The lowest BCUT2D eigenvalue weighted by Gasteiger charge is -2.17. The number of amides is 2. The number of nitrogens with one attached hydrogen (secondary N) is 1. The van der Waals surface area contributed by atoms with E-state index in [2.05, 4.69) is 21.2 Å². The van der Waals surface area contributed by atoms with Gasteiger partial charge in [0.15, 0.2) is 0 Å². The molecule has 130 valence electrons. The van der Waals surface area contributed by atoms with Gasteiger partial charge in [-0.3, -0.25) is 9.59 Å². The molecule has 1 saturated heterocycles. The molecule has 3 rings (SSSR count). The van der Waals surface area contributed by atoms with Crippen LogP contribution in [0.15, 0.2) is 40.9 Å². The molecule has 1 atom stereocenters. The molecule has 1 fully saturated rings. The minimum absolute atomic E-state index is 0.0498. The number of hydrogen-bond donors (Lipinski definition) is 1. The third kappa shape index (κ3) is 3.72. The molecule has 2 aromatic carbocycles. The Labute approximate surface area is 160 Å². The number of anilines is 2. The second-order valence-electron chi connectivity index (χ2n) is 6.22. The lowest BCUT2D eigenvalue weighted by molar-refractivity contribution is -0.122. The molecule has 0 spiro atoms.